The molecule has 1 heterocycles. The highest BCUT2D eigenvalue weighted by Gasteiger charge is 2.60. The second kappa shape index (κ2) is 2.76. The normalized spacial score (nSPS) is 41.1. The standard InChI is InChI=1S/C13H17NO2/c1-13(2,3)14-11(15)9-7-4-5-8(6-7)10(9)12(14)16/h4-5,7-10H,6H2,1-3H3/t7-,8+,9-,10-/m0/s1. The van der Waals surface area contributed by atoms with Crippen LogP contribution in [0.25, 0.3) is 0 Å². The van der Waals surface area contributed by atoms with E-state index in [9.17, 15) is 9.59 Å². The van der Waals surface area contributed by atoms with Crippen LogP contribution < -0.4 is 0 Å². The Morgan fingerprint density at radius 2 is 1.50 bits per heavy atom. The molecule has 3 nitrogen and oxygen atoms in total. The number of hydrogen-bond acceptors (Lipinski definition) is 2. The fraction of sp³-hybridized carbons (Fsp3) is 0.692. The predicted octanol–water partition coefficient (Wildman–Crippen LogP) is 1.59. The Balaban J connectivity index is 2.01. The molecule has 2 aliphatic carbocycles. The minimum atomic E-state index is -0.377. The number of nitrogens with zero attached hydrogens (tertiary/aromatic N) is 1. The Bertz CT molecular complexity index is 375. The lowest BCUT2D eigenvalue weighted by Crippen LogP contribution is -2.46. The van der Waals surface area contributed by atoms with Crippen LogP contribution >= 0.6 is 0 Å². The van der Waals surface area contributed by atoms with Crippen molar-refractivity contribution in [1.82, 2.24) is 4.90 Å². The van der Waals surface area contributed by atoms with Crippen LogP contribution in [-0.4, -0.2) is 22.3 Å². The van der Waals surface area contributed by atoms with E-state index >= 15 is 0 Å². The molecule has 0 radical (unpaired) electrons. The molecule has 0 aromatic rings. The van der Waals surface area contributed by atoms with Crippen molar-refractivity contribution in [2.45, 2.75) is 32.7 Å². The van der Waals surface area contributed by atoms with Gasteiger partial charge < -0.3 is 0 Å². The second-order valence-electron chi connectivity index (χ2n) is 6.18. The molecule has 1 saturated heterocycles. The summed E-state index contributed by atoms with van der Waals surface area (Å²) in [7, 11) is 0. The van der Waals surface area contributed by atoms with Gasteiger partial charge in [0.2, 0.25) is 11.8 Å². The predicted molar refractivity (Wildman–Crippen MR) is 59.3 cm³/mol. The van der Waals surface area contributed by atoms with Gasteiger partial charge in [0.25, 0.3) is 0 Å². The lowest BCUT2D eigenvalue weighted by atomic mass is 9.85. The number of fused-ring (bicyclic) bond motifs is 5. The van der Waals surface area contributed by atoms with Crippen LogP contribution in [0, 0.1) is 23.7 Å². The van der Waals surface area contributed by atoms with Gasteiger partial charge in [-0.15, -0.1) is 0 Å². The molecule has 0 aromatic heterocycles. The van der Waals surface area contributed by atoms with E-state index in [-0.39, 0.29) is 29.2 Å². The van der Waals surface area contributed by atoms with E-state index in [1.807, 2.05) is 20.8 Å². The van der Waals surface area contributed by atoms with Crippen LogP contribution in [0.1, 0.15) is 27.2 Å². The Labute approximate surface area is 95.5 Å². The van der Waals surface area contributed by atoms with Crippen molar-refractivity contribution in [3.05, 3.63) is 12.2 Å². The second-order valence-corrected chi connectivity index (χ2v) is 6.18. The number of allylic oxidation sites excluding steroid dienone is 2. The van der Waals surface area contributed by atoms with Gasteiger partial charge in [-0.25, -0.2) is 0 Å². The zero-order valence-corrected chi connectivity index (χ0v) is 9.93. The van der Waals surface area contributed by atoms with Crippen LogP contribution in [0.5, 0.6) is 0 Å². The summed E-state index contributed by atoms with van der Waals surface area (Å²) in [5.41, 5.74) is -0.377. The molecule has 0 N–H and O–H groups in total. The number of hydrogen-bond donors (Lipinski definition) is 0. The number of carbonyl (C=O) groups is 2. The molecule has 2 fully saturated rings. The van der Waals surface area contributed by atoms with Gasteiger partial charge in [-0.1, -0.05) is 12.2 Å². The van der Waals surface area contributed by atoms with Gasteiger partial charge in [0.1, 0.15) is 0 Å². The van der Waals surface area contributed by atoms with E-state index in [0.29, 0.717) is 11.8 Å². The van der Waals surface area contributed by atoms with E-state index < -0.39 is 0 Å². The summed E-state index contributed by atoms with van der Waals surface area (Å²) in [5, 5.41) is 0. The summed E-state index contributed by atoms with van der Waals surface area (Å²) >= 11 is 0. The third-order valence-electron chi connectivity index (χ3n) is 4.14. The Morgan fingerprint density at radius 3 is 1.88 bits per heavy atom. The smallest absolute Gasteiger partial charge is 0.234 e. The number of rotatable bonds is 0. The van der Waals surface area contributed by atoms with Crippen LogP contribution in [-0.2, 0) is 9.59 Å². The van der Waals surface area contributed by atoms with Gasteiger partial charge in [0.05, 0.1) is 11.8 Å². The molecule has 4 atom stereocenters. The number of imide groups is 1. The molecule has 0 spiro atoms. The van der Waals surface area contributed by atoms with Gasteiger partial charge in [-0.2, -0.15) is 0 Å². The van der Waals surface area contributed by atoms with Crippen molar-refractivity contribution in [1.29, 1.82) is 0 Å². The first-order valence-electron chi connectivity index (χ1n) is 5.97. The minimum Gasteiger partial charge on any atom is -0.277 e. The SMILES string of the molecule is CC(C)(C)N1C(=O)[C@@H]2[C@@H](C1=O)[C@H]1C=C[C@@H]2C1. The number of likely N-dealkylation sites (tertiary alicyclic amines) is 1. The largest absolute Gasteiger partial charge is 0.277 e. The van der Waals surface area contributed by atoms with Gasteiger partial charge >= 0.3 is 0 Å². The molecule has 1 saturated carbocycles. The summed E-state index contributed by atoms with van der Waals surface area (Å²) < 4.78 is 0. The topological polar surface area (TPSA) is 37.4 Å². The molecule has 0 unspecified atom stereocenters. The molecule has 2 bridgehead atoms. The van der Waals surface area contributed by atoms with Gasteiger partial charge in [-0.05, 0) is 39.0 Å². The monoisotopic (exact) mass is 219 g/mol. The van der Waals surface area contributed by atoms with Gasteiger partial charge in [-0.3, -0.25) is 14.5 Å². The third-order valence-corrected chi connectivity index (χ3v) is 4.14. The summed E-state index contributed by atoms with van der Waals surface area (Å²) in [4.78, 5) is 26.1. The number of amides is 2. The van der Waals surface area contributed by atoms with Crippen molar-refractivity contribution in [2.75, 3.05) is 0 Å². The zero-order valence-electron chi connectivity index (χ0n) is 9.93. The minimum absolute atomic E-state index is 0.0540. The maximum atomic E-state index is 12.3. The molecular weight excluding hydrogens is 202 g/mol. The molecule has 3 rings (SSSR count). The van der Waals surface area contributed by atoms with E-state index in [4.69, 9.17) is 0 Å². The first-order chi connectivity index (χ1) is 7.41. The first-order valence-corrected chi connectivity index (χ1v) is 5.97. The summed E-state index contributed by atoms with van der Waals surface area (Å²) in [6, 6.07) is 0. The first kappa shape index (κ1) is 10.1. The van der Waals surface area contributed by atoms with E-state index in [1.54, 1.807) is 0 Å². The Hall–Kier alpha value is -1.12. The number of carbonyl (C=O) groups excluding carboxylic acids is 2. The fourth-order valence-corrected chi connectivity index (χ4v) is 3.56. The van der Waals surface area contributed by atoms with E-state index in [1.165, 1.54) is 4.90 Å². The van der Waals surface area contributed by atoms with E-state index in [2.05, 4.69) is 12.2 Å². The summed E-state index contributed by atoms with van der Waals surface area (Å²) in [6.07, 6.45) is 5.26. The van der Waals surface area contributed by atoms with Crippen LogP contribution in [0.4, 0.5) is 0 Å². The molecule has 1 aliphatic heterocycles. The van der Waals surface area contributed by atoms with Crippen molar-refractivity contribution >= 4 is 11.8 Å². The molecule has 86 valence electrons. The van der Waals surface area contributed by atoms with Crippen molar-refractivity contribution < 1.29 is 9.59 Å². The van der Waals surface area contributed by atoms with Crippen molar-refractivity contribution in [3.8, 4) is 0 Å². The van der Waals surface area contributed by atoms with Gasteiger partial charge in [0, 0.05) is 5.54 Å². The average Bonchev–Trinajstić information content (AvgIpc) is 2.77. The highest BCUT2D eigenvalue weighted by molar-refractivity contribution is 6.07. The maximum Gasteiger partial charge on any atom is 0.234 e. The zero-order chi connectivity index (χ0) is 11.7. The van der Waals surface area contributed by atoms with Crippen LogP contribution in [0.3, 0.4) is 0 Å². The molecule has 0 aromatic carbocycles. The highest BCUT2D eigenvalue weighted by Crippen LogP contribution is 2.53. The third kappa shape index (κ3) is 1.04. The van der Waals surface area contributed by atoms with Crippen LogP contribution in [0.2, 0.25) is 0 Å². The summed E-state index contributed by atoms with van der Waals surface area (Å²) in [6.45, 7) is 5.79. The van der Waals surface area contributed by atoms with Crippen LogP contribution in [0.15, 0.2) is 12.2 Å². The average molecular weight is 219 g/mol. The molecular formula is C13H17NO2. The molecule has 3 heteroatoms. The molecule has 3 aliphatic rings. The van der Waals surface area contributed by atoms with Crippen molar-refractivity contribution in [3.63, 3.8) is 0 Å². The van der Waals surface area contributed by atoms with E-state index in [0.717, 1.165) is 6.42 Å². The van der Waals surface area contributed by atoms with Crippen molar-refractivity contribution in [2.24, 2.45) is 23.7 Å². The fourth-order valence-electron chi connectivity index (χ4n) is 3.56. The maximum absolute atomic E-state index is 12.3. The highest BCUT2D eigenvalue weighted by atomic mass is 16.2. The Kier molecular flexibility index (Phi) is 1.74. The molecule has 2 amide bonds. The lowest BCUT2D eigenvalue weighted by Gasteiger charge is -2.31. The Morgan fingerprint density at radius 1 is 1.06 bits per heavy atom. The lowest BCUT2D eigenvalue weighted by molar-refractivity contribution is -0.146. The summed E-state index contributed by atoms with van der Waals surface area (Å²) in [5.74, 6) is 0.639. The quantitative estimate of drug-likeness (QED) is 0.458. The molecule has 16 heavy (non-hydrogen) atoms. The van der Waals surface area contributed by atoms with Gasteiger partial charge in [0.15, 0.2) is 0 Å².